The van der Waals surface area contributed by atoms with Crippen molar-refractivity contribution in [3.63, 3.8) is 0 Å². The summed E-state index contributed by atoms with van der Waals surface area (Å²) < 4.78 is 5.27. The van der Waals surface area contributed by atoms with E-state index in [4.69, 9.17) is 4.74 Å². The van der Waals surface area contributed by atoms with Crippen LogP contribution in [0.15, 0.2) is 0 Å². The fraction of sp³-hybridized carbons (Fsp3) is 1.00. The van der Waals surface area contributed by atoms with E-state index in [1.54, 1.807) is 0 Å². The number of hydrogen-bond acceptors (Lipinski definition) is 1. The molecule has 0 radical (unpaired) electrons. The first-order valence-corrected chi connectivity index (χ1v) is 17.5. The van der Waals surface area contributed by atoms with Crippen molar-refractivity contribution in [2.75, 3.05) is 6.61 Å². The van der Waals surface area contributed by atoms with Gasteiger partial charge in [0, 0.05) is 0 Å². The van der Waals surface area contributed by atoms with E-state index in [2.05, 4.69) is 6.92 Å². The van der Waals surface area contributed by atoms with Crippen LogP contribution in [0, 0.1) is 0 Å². The molecular formula is C35H70O. The van der Waals surface area contributed by atoms with Crippen LogP contribution in [-0.2, 0) is 4.74 Å². The van der Waals surface area contributed by atoms with Crippen molar-refractivity contribution >= 4 is 0 Å². The van der Waals surface area contributed by atoms with E-state index < -0.39 is 0 Å². The predicted octanol–water partition coefficient (Wildman–Crippen LogP) is 12.9. The number of ether oxygens (including phenoxy) is 1. The maximum Gasteiger partial charge on any atom is 0.0810 e. The molecule has 0 aromatic carbocycles. The molecule has 0 saturated carbocycles. The fourth-order valence-electron chi connectivity index (χ4n) is 5.81. The Balaban J connectivity index is 1.58. The topological polar surface area (TPSA) is 12.5 Å². The van der Waals surface area contributed by atoms with Crippen molar-refractivity contribution in [3.8, 4) is 0 Å². The fourth-order valence-corrected chi connectivity index (χ4v) is 5.81. The molecule has 1 fully saturated rings. The van der Waals surface area contributed by atoms with Gasteiger partial charge < -0.3 is 4.74 Å². The van der Waals surface area contributed by atoms with E-state index in [1.165, 1.54) is 205 Å². The minimum Gasteiger partial charge on any atom is -0.373 e. The van der Waals surface area contributed by atoms with E-state index in [-0.39, 0.29) is 0 Å². The lowest BCUT2D eigenvalue weighted by atomic mass is 10.0. The van der Waals surface area contributed by atoms with E-state index in [1.807, 2.05) is 0 Å². The molecule has 1 saturated heterocycles. The highest BCUT2D eigenvalue weighted by Gasteiger charge is 2.20. The van der Waals surface area contributed by atoms with Crippen LogP contribution in [0.2, 0.25) is 0 Å². The first kappa shape index (κ1) is 34.0. The third-order valence-corrected chi connectivity index (χ3v) is 8.53. The number of rotatable bonds is 32. The van der Waals surface area contributed by atoms with Gasteiger partial charge >= 0.3 is 0 Å². The van der Waals surface area contributed by atoms with Gasteiger partial charge in [-0.3, -0.25) is 0 Å². The minimum atomic E-state index is 0.647. The zero-order valence-electron chi connectivity index (χ0n) is 25.3. The van der Waals surface area contributed by atoms with E-state index in [0.717, 1.165) is 6.61 Å². The summed E-state index contributed by atoms with van der Waals surface area (Å²) in [5.41, 5.74) is 0. The molecule has 1 heteroatoms. The first-order chi connectivity index (χ1) is 17.9. The van der Waals surface area contributed by atoms with Crippen LogP contribution in [0.5, 0.6) is 0 Å². The van der Waals surface area contributed by atoms with E-state index >= 15 is 0 Å². The average Bonchev–Trinajstić information content (AvgIpc) is 3.72. The van der Waals surface area contributed by atoms with Gasteiger partial charge in [-0.2, -0.15) is 0 Å². The molecule has 0 amide bonds. The zero-order valence-corrected chi connectivity index (χ0v) is 25.3. The Morgan fingerprint density at radius 3 is 0.722 bits per heavy atom. The normalized spacial score (nSPS) is 15.1. The van der Waals surface area contributed by atoms with Gasteiger partial charge in [-0.25, -0.2) is 0 Å². The summed E-state index contributed by atoms with van der Waals surface area (Å²) in [5.74, 6) is 0. The maximum absolute atomic E-state index is 5.27. The van der Waals surface area contributed by atoms with Crippen LogP contribution >= 0.6 is 0 Å². The molecule has 1 aliphatic heterocycles. The summed E-state index contributed by atoms with van der Waals surface area (Å²) in [6.45, 7) is 3.35. The van der Waals surface area contributed by atoms with Crippen LogP contribution < -0.4 is 0 Å². The summed E-state index contributed by atoms with van der Waals surface area (Å²) >= 11 is 0. The summed E-state index contributed by atoms with van der Waals surface area (Å²) in [4.78, 5) is 0. The molecule has 1 rings (SSSR count). The molecule has 1 nitrogen and oxygen atoms in total. The van der Waals surface area contributed by atoms with E-state index in [9.17, 15) is 0 Å². The molecule has 36 heavy (non-hydrogen) atoms. The highest BCUT2D eigenvalue weighted by atomic mass is 16.6. The smallest absolute Gasteiger partial charge is 0.0810 e. The van der Waals surface area contributed by atoms with E-state index in [0.29, 0.717) is 6.10 Å². The lowest BCUT2D eigenvalue weighted by Gasteiger charge is -2.04. The Kier molecular flexibility index (Phi) is 27.9. The van der Waals surface area contributed by atoms with Gasteiger partial charge in [-0.05, 0) is 6.42 Å². The minimum absolute atomic E-state index is 0.647. The monoisotopic (exact) mass is 507 g/mol. The van der Waals surface area contributed by atoms with Gasteiger partial charge in [-0.1, -0.05) is 206 Å². The van der Waals surface area contributed by atoms with Crippen LogP contribution in [0.1, 0.15) is 212 Å². The number of epoxide rings is 1. The molecule has 1 unspecified atom stereocenters. The van der Waals surface area contributed by atoms with Crippen molar-refractivity contribution < 1.29 is 4.74 Å². The van der Waals surface area contributed by atoms with Gasteiger partial charge in [0.2, 0.25) is 0 Å². The number of hydrogen-bond donors (Lipinski definition) is 0. The first-order valence-electron chi connectivity index (χ1n) is 17.5. The Bertz CT molecular complexity index is 388. The summed E-state index contributed by atoms with van der Waals surface area (Å²) in [6.07, 6.45) is 47.7. The molecule has 0 N–H and O–H groups in total. The standard InChI is InChI=1S/C35H70O/c1-2-3-4-5-6-7-8-9-10-11-12-13-14-15-16-17-18-19-20-21-22-23-24-25-26-27-28-29-30-31-32-33-35-34-36-35/h35H,2-34H2,1H3. The lowest BCUT2D eigenvalue weighted by molar-refractivity contribution is 0.387. The van der Waals surface area contributed by atoms with Crippen LogP contribution in [-0.4, -0.2) is 12.7 Å². The lowest BCUT2D eigenvalue weighted by Crippen LogP contribution is -1.86. The molecule has 0 spiro atoms. The van der Waals surface area contributed by atoms with Crippen LogP contribution in [0.25, 0.3) is 0 Å². The van der Waals surface area contributed by atoms with Gasteiger partial charge in [0.15, 0.2) is 0 Å². The SMILES string of the molecule is CCCCCCCCCCCCCCCCCCCCCCCCCCCCCCCCCC1CO1. The quantitative estimate of drug-likeness (QED) is 0.0652. The van der Waals surface area contributed by atoms with Crippen molar-refractivity contribution in [2.45, 2.75) is 218 Å². The highest BCUT2D eigenvalue weighted by molar-refractivity contribution is 4.68. The molecule has 0 aromatic rings. The molecule has 1 atom stereocenters. The molecule has 0 bridgehead atoms. The third kappa shape index (κ3) is 28.5. The third-order valence-electron chi connectivity index (χ3n) is 8.53. The summed E-state index contributed by atoms with van der Waals surface area (Å²) in [6, 6.07) is 0. The molecule has 1 aliphatic rings. The van der Waals surface area contributed by atoms with Crippen LogP contribution in [0.3, 0.4) is 0 Å². The van der Waals surface area contributed by atoms with Gasteiger partial charge in [0.1, 0.15) is 0 Å². The Morgan fingerprint density at radius 2 is 0.528 bits per heavy atom. The summed E-state index contributed by atoms with van der Waals surface area (Å²) in [7, 11) is 0. The van der Waals surface area contributed by atoms with Crippen molar-refractivity contribution in [2.24, 2.45) is 0 Å². The Hall–Kier alpha value is -0.0400. The molecule has 1 heterocycles. The van der Waals surface area contributed by atoms with Gasteiger partial charge in [-0.15, -0.1) is 0 Å². The van der Waals surface area contributed by atoms with Crippen molar-refractivity contribution in [1.29, 1.82) is 0 Å². The Labute approximate surface area is 229 Å². The van der Waals surface area contributed by atoms with Gasteiger partial charge in [0.25, 0.3) is 0 Å². The molecule has 216 valence electrons. The molecule has 0 aliphatic carbocycles. The maximum atomic E-state index is 5.27. The highest BCUT2D eigenvalue weighted by Crippen LogP contribution is 2.19. The van der Waals surface area contributed by atoms with Crippen molar-refractivity contribution in [3.05, 3.63) is 0 Å². The second-order valence-electron chi connectivity index (χ2n) is 12.4. The molecule has 0 aromatic heterocycles. The molecular weight excluding hydrogens is 436 g/mol. The zero-order chi connectivity index (χ0) is 25.6. The van der Waals surface area contributed by atoms with Crippen molar-refractivity contribution in [1.82, 2.24) is 0 Å². The second kappa shape index (κ2) is 29.5. The summed E-state index contributed by atoms with van der Waals surface area (Å²) in [5, 5.41) is 0. The average molecular weight is 507 g/mol. The Morgan fingerprint density at radius 1 is 0.333 bits per heavy atom. The number of unbranched alkanes of at least 4 members (excludes halogenated alkanes) is 30. The van der Waals surface area contributed by atoms with Gasteiger partial charge in [0.05, 0.1) is 12.7 Å². The largest absolute Gasteiger partial charge is 0.373 e. The predicted molar refractivity (Wildman–Crippen MR) is 163 cm³/mol. The second-order valence-corrected chi connectivity index (χ2v) is 12.4. The van der Waals surface area contributed by atoms with Crippen LogP contribution in [0.4, 0.5) is 0 Å².